The molecule has 4 atom stereocenters. The highest BCUT2D eigenvalue weighted by Crippen LogP contribution is 2.30. The van der Waals surface area contributed by atoms with Crippen LogP contribution < -0.4 is 0 Å². The summed E-state index contributed by atoms with van der Waals surface area (Å²) in [6.45, 7) is -0.610. The van der Waals surface area contributed by atoms with Crippen LogP contribution in [0.2, 0.25) is 0 Å². The molecule has 24 heavy (non-hydrogen) atoms. The van der Waals surface area contributed by atoms with E-state index in [-0.39, 0.29) is 12.5 Å². The van der Waals surface area contributed by atoms with Gasteiger partial charge in [0.05, 0.1) is 18.4 Å². The highest BCUT2D eigenvalue weighted by atomic mass is 16.6. The van der Waals surface area contributed by atoms with Crippen LogP contribution >= 0.6 is 0 Å². The van der Waals surface area contributed by atoms with E-state index in [9.17, 15) is 15.3 Å². The van der Waals surface area contributed by atoms with Crippen molar-refractivity contribution in [3.8, 4) is 0 Å². The molecule has 0 amide bonds. The molecular formula is C18H21NO5. The maximum Gasteiger partial charge on any atom is 0.157 e. The fourth-order valence-corrected chi connectivity index (χ4v) is 2.86. The van der Waals surface area contributed by atoms with E-state index in [0.29, 0.717) is 12.1 Å². The number of benzene rings is 2. The molecular weight excluding hydrogens is 310 g/mol. The molecule has 0 aliphatic carbocycles. The van der Waals surface area contributed by atoms with Gasteiger partial charge in [0.15, 0.2) is 6.10 Å². The summed E-state index contributed by atoms with van der Waals surface area (Å²) < 4.78 is 0. The summed E-state index contributed by atoms with van der Waals surface area (Å²) in [5.74, 6) is 0. The van der Waals surface area contributed by atoms with Crippen LogP contribution in [0.15, 0.2) is 47.6 Å². The summed E-state index contributed by atoms with van der Waals surface area (Å²) in [5.41, 5.74) is 1.61. The van der Waals surface area contributed by atoms with Crippen molar-refractivity contribution < 1.29 is 25.3 Å². The van der Waals surface area contributed by atoms with Gasteiger partial charge in [0.25, 0.3) is 0 Å². The van der Waals surface area contributed by atoms with Crippen LogP contribution in [-0.2, 0) is 4.84 Å². The van der Waals surface area contributed by atoms with Gasteiger partial charge >= 0.3 is 0 Å². The monoisotopic (exact) mass is 331 g/mol. The molecule has 4 N–H and O–H groups in total. The van der Waals surface area contributed by atoms with Crippen molar-refractivity contribution in [2.45, 2.75) is 37.3 Å². The zero-order valence-corrected chi connectivity index (χ0v) is 13.1. The first kappa shape index (κ1) is 16.9. The van der Waals surface area contributed by atoms with Crippen LogP contribution in [0.25, 0.3) is 10.8 Å². The van der Waals surface area contributed by atoms with Gasteiger partial charge in [0.1, 0.15) is 12.2 Å². The third kappa shape index (κ3) is 3.57. The van der Waals surface area contributed by atoms with Gasteiger partial charge in [-0.1, -0.05) is 41.6 Å². The minimum Gasteiger partial charge on any atom is -0.394 e. The van der Waals surface area contributed by atoms with Gasteiger partial charge in [0.2, 0.25) is 0 Å². The second-order valence-corrected chi connectivity index (χ2v) is 6.07. The van der Waals surface area contributed by atoms with Crippen molar-refractivity contribution in [3.05, 3.63) is 48.0 Å². The van der Waals surface area contributed by atoms with Gasteiger partial charge in [-0.25, -0.2) is 0 Å². The molecule has 6 heteroatoms. The number of hydrogen-bond acceptors (Lipinski definition) is 6. The minimum absolute atomic E-state index is 0.0856. The van der Waals surface area contributed by atoms with E-state index in [1.54, 1.807) is 0 Å². The Morgan fingerprint density at radius 2 is 1.79 bits per heavy atom. The number of oxime groups is 1. The largest absolute Gasteiger partial charge is 0.394 e. The molecule has 2 aromatic rings. The van der Waals surface area contributed by atoms with Crippen LogP contribution in [-0.4, -0.2) is 51.1 Å². The smallest absolute Gasteiger partial charge is 0.157 e. The topological polar surface area (TPSA) is 103 Å². The Bertz CT molecular complexity index is 732. The van der Waals surface area contributed by atoms with Gasteiger partial charge in [-0.15, -0.1) is 0 Å². The molecule has 0 saturated carbocycles. The molecule has 1 aliphatic heterocycles. The zero-order chi connectivity index (χ0) is 17.1. The zero-order valence-electron chi connectivity index (χ0n) is 13.1. The molecule has 6 nitrogen and oxygen atoms in total. The maximum absolute atomic E-state index is 9.92. The highest BCUT2D eigenvalue weighted by Gasteiger charge is 2.29. The lowest BCUT2D eigenvalue weighted by Crippen LogP contribution is -2.40. The third-order valence-corrected chi connectivity index (χ3v) is 4.30. The number of hydrogen-bond donors (Lipinski definition) is 4. The van der Waals surface area contributed by atoms with Crippen molar-refractivity contribution in [3.63, 3.8) is 0 Å². The molecule has 1 heterocycles. The lowest BCUT2D eigenvalue weighted by atomic mass is 9.97. The lowest BCUT2D eigenvalue weighted by Gasteiger charge is -2.21. The van der Waals surface area contributed by atoms with E-state index in [1.165, 1.54) is 0 Å². The summed E-state index contributed by atoms with van der Waals surface area (Å²) in [5, 5.41) is 44.1. The van der Waals surface area contributed by atoms with Crippen LogP contribution in [0.3, 0.4) is 0 Å². The van der Waals surface area contributed by atoms with E-state index in [4.69, 9.17) is 9.94 Å². The Hall–Kier alpha value is -1.99. The summed E-state index contributed by atoms with van der Waals surface area (Å²) in [7, 11) is 0. The second kappa shape index (κ2) is 7.27. The lowest BCUT2D eigenvalue weighted by molar-refractivity contribution is -0.0735. The molecule has 1 aliphatic rings. The van der Waals surface area contributed by atoms with Gasteiger partial charge in [-0.2, -0.15) is 0 Å². The average Bonchev–Trinajstić information content (AvgIpc) is 3.08. The molecule has 0 fully saturated rings. The van der Waals surface area contributed by atoms with Crippen molar-refractivity contribution in [1.29, 1.82) is 0 Å². The fraction of sp³-hybridized carbons (Fsp3) is 0.389. The van der Waals surface area contributed by atoms with Crippen molar-refractivity contribution in [1.82, 2.24) is 0 Å². The van der Waals surface area contributed by atoms with Gasteiger partial charge in [0, 0.05) is 12.8 Å². The molecule has 128 valence electrons. The third-order valence-electron chi connectivity index (χ3n) is 4.30. The minimum atomic E-state index is -1.42. The van der Waals surface area contributed by atoms with Gasteiger partial charge < -0.3 is 25.3 Å². The second-order valence-electron chi connectivity index (χ2n) is 6.07. The Morgan fingerprint density at radius 1 is 1.04 bits per heavy atom. The van der Waals surface area contributed by atoms with Gasteiger partial charge in [-0.3, -0.25) is 0 Å². The predicted molar refractivity (Wildman–Crippen MR) is 89.5 cm³/mol. The first-order valence-corrected chi connectivity index (χ1v) is 7.94. The molecule has 2 aromatic carbocycles. The SMILES string of the molecule is OC[C@@H](O)[C@@H](O)[C@H](O)CC1=NOC(c2ccc3ccccc3c2)C1. The van der Waals surface area contributed by atoms with E-state index < -0.39 is 24.9 Å². The predicted octanol–water partition coefficient (Wildman–Crippen LogP) is 1.12. The fourth-order valence-electron chi connectivity index (χ4n) is 2.86. The standard InChI is InChI=1S/C18H21NO5/c20-10-16(22)18(23)15(21)8-14-9-17(24-19-14)13-6-5-11-3-1-2-4-12(11)7-13/h1-7,15-18,20-23H,8-10H2/t15-,16-,17?,18+/m1/s1. The Labute approximate surface area is 139 Å². The molecule has 3 rings (SSSR count). The molecule has 0 aromatic heterocycles. The number of aliphatic hydroxyl groups excluding tert-OH is 4. The van der Waals surface area contributed by atoms with Gasteiger partial charge in [-0.05, 0) is 22.4 Å². The van der Waals surface area contributed by atoms with Crippen molar-refractivity contribution in [2.75, 3.05) is 6.61 Å². The van der Waals surface area contributed by atoms with Crippen molar-refractivity contribution >= 4 is 16.5 Å². The molecule has 0 radical (unpaired) electrons. The maximum atomic E-state index is 9.92. The normalized spacial score (nSPS) is 21.2. The summed E-state index contributed by atoms with van der Waals surface area (Å²) in [4.78, 5) is 5.45. The van der Waals surface area contributed by atoms with Crippen LogP contribution in [0.1, 0.15) is 24.5 Å². The summed E-state index contributed by atoms with van der Waals surface area (Å²) in [6, 6.07) is 14.1. The first-order valence-electron chi connectivity index (χ1n) is 7.94. The Balaban J connectivity index is 1.63. The van der Waals surface area contributed by atoms with Crippen LogP contribution in [0.5, 0.6) is 0 Å². The number of aliphatic hydroxyl groups is 4. The molecule has 1 unspecified atom stereocenters. The number of rotatable bonds is 6. The van der Waals surface area contributed by atoms with E-state index in [1.807, 2.05) is 36.4 Å². The quantitative estimate of drug-likeness (QED) is 0.635. The van der Waals surface area contributed by atoms with E-state index in [0.717, 1.165) is 16.3 Å². The van der Waals surface area contributed by atoms with Crippen LogP contribution in [0, 0.1) is 0 Å². The Morgan fingerprint density at radius 3 is 2.54 bits per heavy atom. The average molecular weight is 331 g/mol. The van der Waals surface area contributed by atoms with Crippen molar-refractivity contribution in [2.24, 2.45) is 5.16 Å². The number of nitrogens with zero attached hydrogens (tertiary/aromatic N) is 1. The first-order chi connectivity index (χ1) is 11.6. The van der Waals surface area contributed by atoms with E-state index in [2.05, 4.69) is 11.2 Å². The Kier molecular flexibility index (Phi) is 5.11. The molecule has 0 spiro atoms. The summed E-state index contributed by atoms with van der Waals surface area (Å²) in [6.07, 6.45) is -3.63. The summed E-state index contributed by atoms with van der Waals surface area (Å²) >= 11 is 0. The highest BCUT2D eigenvalue weighted by molar-refractivity contribution is 5.87. The molecule has 0 bridgehead atoms. The van der Waals surface area contributed by atoms with Crippen LogP contribution in [0.4, 0.5) is 0 Å². The van der Waals surface area contributed by atoms with E-state index >= 15 is 0 Å². The molecule has 0 saturated heterocycles. The number of fused-ring (bicyclic) bond motifs is 1.